The van der Waals surface area contributed by atoms with Crippen molar-refractivity contribution in [3.63, 3.8) is 0 Å². The maximum absolute atomic E-state index is 12.9. The molecule has 0 bridgehead atoms. The third kappa shape index (κ3) is 3.74. The van der Waals surface area contributed by atoms with Gasteiger partial charge in [0.25, 0.3) is 5.56 Å². The maximum Gasteiger partial charge on any atom is 0.255 e. The lowest BCUT2D eigenvalue weighted by molar-refractivity contribution is -0.133. The molecule has 7 heteroatoms. The zero-order valence-electron chi connectivity index (χ0n) is 17.4. The van der Waals surface area contributed by atoms with Crippen LogP contribution in [0, 0.1) is 5.92 Å². The molecule has 30 heavy (non-hydrogen) atoms. The minimum Gasteiger partial charge on any atom is -0.497 e. The number of carbonyl (C=O) groups excluding carboxylic acids is 1. The van der Waals surface area contributed by atoms with E-state index in [1.165, 1.54) is 5.56 Å². The van der Waals surface area contributed by atoms with E-state index in [9.17, 15) is 9.59 Å². The molecule has 1 atom stereocenters. The van der Waals surface area contributed by atoms with Crippen molar-refractivity contribution in [1.29, 1.82) is 0 Å². The van der Waals surface area contributed by atoms with Crippen LogP contribution >= 0.6 is 0 Å². The van der Waals surface area contributed by atoms with Crippen molar-refractivity contribution in [3.05, 3.63) is 57.3 Å². The molecule has 7 nitrogen and oxygen atoms in total. The standard InChI is InChI=1S/C23H28N4O3/c1-30-17-8-4-15(5-9-17)13-26-12-10-19-18(14-26)22(28)25-21(24-19)20-3-2-11-27(20)23(29)16-6-7-16/h4-5,8-9,16,20H,2-3,6-7,10-14H2,1H3,(H,24,25,28)/t20-/m0/s1. The van der Waals surface area contributed by atoms with Gasteiger partial charge in [0.05, 0.1) is 24.4 Å². The SMILES string of the molecule is COc1ccc(CN2CCc3nc([C@@H]4CCCN4C(=O)C4CC4)[nH]c(=O)c3C2)cc1. The van der Waals surface area contributed by atoms with E-state index in [1.807, 2.05) is 17.0 Å². The Morgan fingerprint density at radius 1 is 1.20 bits per heavy atom. The number of H-pyrrole nitrogens is 1. The molecule has 1 saturated heterocycles. The molecule has 1 aromatic heterocycles. The van der Waals surface area contributed by atoms with Gasteiger partial charge in [-0.2, -0.15) is 0 Å². The summed E-state index contributed by atoms with van der Waals surface area (Å²) in [5, 5.41) is 0. The fourth-order valence-electron chi connectivity index (χ4n) is 4.66. The number of ether oxygens (including phenoxy) is 1. The van der Waals surface area contributed by atoms with Crippen LogP contribution in [-0.4, -0.2) is 45.9 Å². The first-order valence-corrected chi connectivity index (χ1v) is 10.9. The van der Waals surface area contributed by atoms with E-state index in [0.717, 1.165) is 68.7 Å². The highest BCUT2D eigenvalue weighted by molar-refractivity contribution is 5.81. The average molecular weight is 409 g/mol. The summed E-state index contributed by atoms with van der Waals surface area (Å²) >= 11 is 0. The molecule has 5 rings (SSSR count). The number of amides is 1. The molecular formula is C23H28N4O3. The molecule has 3 heterocycles. The van der Waals surface area contributed by atoms with Gasteiger partial charge >= 0.3 is 0 Å². The van der Waals surface area contributed by atoms with Crippen molar-refractivity contribution in [3.8, 4) is 5.75 Å². The number of methoxy groups -OCH3 is 1. The van der Waals surface area contributed by atoms with Crippen LogP contribution in [0.15, 0.2) is 29.1 Å². The highest BCUT2D eigenvalue weighted by Crippen LogP contribution is 2.37. The summed E-state index contributed by atoms with van der Waals surface area (Å²) in [6, 6.07) is 7.97. The first-order chi connectivity index (χ1) is 14.6. The van der Waals surface area contributed by atoms with Crippen molar-refractivity contribution < 1.29 is 9.53 Å². The van der Waals surface area contributed by atoms with Gasteiger partial charge in [-0.1, -0.05) is 12.1 Å². The Bertz CT molecular complexity index is 996. The van der Waals surface area contributed by atoms with Crippen molar-refractivity contribution in [2.24, 2.45) is 5.92 Å². The number of aromatic nitrogens is 2. The predicted octanol–water partition coefficient (Wildman–Crippen LogP) is 2.41. The van der Waals surface area contributed by atoms with Crippen LogP contribution in [0.5, 0.6) is 5.75 Å². The number of hydrogen-bond donors (Lipinski definition) is 1. The second kappa shape index (κ2) is 7.87. The third-order valence-corrected chi connectivity index (χ3v) is 6.51. The maximum atomic E-state index is 12.9. The molecule has 3 aliphatic rings. The number of benzene rings is 1. The summed E-state index contributed by atoms with van der Waals surface area (Å²) in [6.07, 6.45) is 4.61. The number of carbonyl (C=O) groups is 1. The molecule has 0 unspecified atom stereocenters. The molecule has 158 valence electrons. The van der Waals surface area contributed by atoms with Gasteiger partial charge in [-0.25, -0.2) is 4.98 Å². The molecule has 1 saturated carbocycles. The second-order valence-electron chi connectivity index (χ2n) is 8.65. The van der Waals surface area contributed by atoms with Gasteiger partial charge in [0, 0.05) is 38.5 Å². The smallest absolute Gasteiger partial charge is 0.255 e. The lowest BCUT2D eigenvalue weighted by Gasteiger charge is -2.29. The van der Waals surface area contributed by atoms with E-state index < -0.39 is 0 Å². The van der Waals surface area contributed by atoms with E-state index in [4.69, 9.17) is 9.72 Å². The van der Waals surface area contributed by atoms with Crippen LogP contribution in [0.1, 0.15) is 54.4 Å². The molecule has 1 aromatic carbocycles. The summed E-state index contributed by atoms with van der Waals surface area (Å²) in [5.74, 6) is 1.95. The Kier molecular flexibility index (Phi) is 5.06. The number of hydrogen-bond acceptors (Lipinski definition) is 5. The van der Waals surface area contributed by atoms with E-state index in [-0.39, 0.29) is 23.4 Å². The fourth-order valence-corrected chi connectivity index (χ4v) is 4.66. The quantitative estimate of drug-likeness (QED) is 0.822. The highest BCUT2D eigenvalue weighted by atomic mass is 16.5. The Morgan fingerprint density at radius 3 is 2.73 bits per heavy atom. The summed E-state index contributed by atoms with van der Waals surface area (Å²) in [7, 11) is 1.66. The van der Waals surface area contributed by atoms with Crippen LogP contribution in [-0.2, 0) is 24.3 Å². The predicted molar refractivity (Wildman–Crippen MR) is 112 cm³/mol. The van der Waals surface area contributed by atoms with E-state index in [2.05, 4.69) is 22.0 Å². The zero-order chi connectivity index (χ0) is 20.7. The molecule has 1 N–H and O–H groups in total. The fraction of sp³-hybridized carbons (Fsp3) is 0.522. The van der Waals surface area contributed by atoms with Gasteiger partial charge in [-0.3, -0.25) is 14.5 Å². The highest BCUT2D eigenvalue weighted by Gasteiger charge is 2.40. The van der Waals surface area contributed by atoms with Gasteiger partial charge in [0.1, 0.15) is 11.6 Å². The van der Waals surface area contributed by atoms with E-state index in [1.54, 1.807) is 7.11 Å². The monoisotopic (exact) mass is 408 g/mol. The molecule has 0 spiro atoms. The average Bonchev–Trinajstić information content (AvgIpc) is 3.50. The minimum atomic E-state index is -0.0755. The lowest BCUT2D eigenvalue weighted by atomic mass is 10.0. The Hall–Kier alpha value is -2.67. The Labute approximate surface area is 176 Å². The van der Waals surface area contributed by atoms with Gasteiger partial charge in [0.2, 0.25) is 5.91 Å². The summed E-state index contributed by atoms with van der Waals surface area (Å²) in [5.41, 5.74) is 2.79. The normalized spacial score (nSPS) is 21.5. The number of aromatic amines is 1. The molecule has 1 amide bonds. The molecule has 2 fully saturated rings. The minimum absolute atomic E-state index is 0.0554. The molecule has 2 aliphatic heterocycles. The van der Waals surface area contributed by atoms with Crippen LogP contribution in [0.3, 0.4) is 0 Å². The lowest BCUT2D eigenvalue weighted by Crippen LogP contribution is -2.38. The van der Waals surface area contributed by atoms with Crippen molar-refractivity contribution in [1.82, 2.24) is 19.8 Å². The zero-order valence-corrected chi connectivity index (χ0v) is 17.4. The van der Waals surface area contributed by atoms with Crippen LogP contribution in [0.2, 0.25) is 0 Å². The van der Waals surface area contributed by atoms with E-state index >= 15 is 0 Å². The van der Waals surface area contributed by atoms with Gasteiger partial charge < -0.3 is 14.6 Å². The Balaban J connectivity index is 1.32. The molecule has 1 aliphatic carbocycles. The summed E-state index contributed by atoms with van der Waals surface area (Å²) in [6.45, 7) is 3.02. The van der Waals surface area contributed by atoms with Gasteiger partial charge in [0.15, 0.2) is 0 Å². The molecular weight excluding hydrogens is 380 g/mol. The summed E-state index contributed by atoms with van der Waals surface area (Å²) in [4.78, 5) is 37.6. The molecule has 2 aromatic rings. The number of fused-ring (bicyclic) bond motifs is 1. The largest absolute Gasteiger partial charge is 0.497 e. The van der Waals surface area contributed by atoms with E-state index in [0.29, 0.717) is 12.4 Å². The molecule has 0 radical (unpaired) electrons. The topological polar surface area (TPSA) is 78.5 Å². The van der Waals surface area contributed by atoms with Crippen LogP contribution in [0.25, 0.3) is 0 Å². The van der Waals surface area contributed by atoms with Crippen molar-refractivity contribution in [2.45, 2.75) is 51.2 Å². The van der Waals surface area contributed by atoms with Gasteiger partial charge in [-0.15, -0.1) is 0 Å². The number of nitrogens with one attached hydrogen (secondary N) is 1. The number of likely N-dealkylation sites (tertiary alicyclic amines) is 1. The van der Waals surface area contributed by atoms with Crippen LogP contribution < -0.4 is 10.3 Å². The Morgan fingerprint density at radius 2 is 2.00 bits per heavy atom. The summed E-state index contributed by atoms with van der Waals surface area (Å²) < 4.78 is 5.22. The first-order valence-electron chi connectivity index (χ1n) is 10.9. The van der Waals surface area contributed by atoms with Crippen LogP contribution in [0.4, 0.5) is 0 Å². The first kappa shape index (κ1) is 19.3. The van der Waals surface area contributed by atoms with Crippen molar-refractivity contribution in [2.75, 3.05) is 20.2 Å². The number of nitrogens with zero attached hydrogens (tertiary/aromatic N) is 3. The second-order valence-corrected chi connectivity index (χ2v) is 8.65. The number of rotatable bonds is 5. The van der Waals surface area contributed by atoms with Crippen molar-refractivity contribution >= 4 is 5.91 Å². The third-order valence-electron chi connectivity index (χ3n) is 6.51. The van der Waals surface area contributed by atoms with Gasteiger partial charge in [-0.05, 0) is 43.4 Å².